The van der Waals surface area contributed by atoms with Gasteiger partial charge in [0.15, 0.2) is 0 Å². The summed E-state index contributed by atoms with van der Waals surface area (Å²) in [5.41, 5.74) is 3.64. The number of hydrogen-bond acceptors (Lipinski definition) is 4. The summed E-state index contributed by atoms with van der Waals surface area (Å²) in [5, 5.41) is 17.5. The van der Waals surface area contributed by atoms with Crippen molar-refractivity contribution in [3.63, 3.8) is 0 Å². The maximum Gasteiger partial charge on any atom is 0.319 e. The number of piperidine rings is 1. The molecule has 3 N–H and O–H groups in total. The molecule has 6 nitrogen and oxygen atoms in total. The average Bonchev–Trinajstić information content (AvgIpc) is 2.79. The first kappa shape index (κ1) is 25.7. The highest BCUT2D eigenvalue weighted by Gasteiger charge is 2.18. The van der Waals surface area contributed by atoms with Crippen molar-refractivity contribution in [3.05, 3.63) is 72.4 Å². The van der Waals surface area contributed by atoms with Crippen molar-refractivity contribution in [2.24, 2.45) is 0 Å². The third kappa shape index (κ3) is 9.83. The van der Waals surface area contributed by atoms with Gasteiger partial charge in [0.1, 0.15) is 0 Å². The van der Waals surface area contributed by atoms with Gasteiger partial charge in [-0.1, -0.05) is 38.6 Å². The molecule has 1 heterocycles. The number of nitrogens with zero attached hydrogens (tertiary/aromatic N) is 2. The summed E-state index contributed by atoms with van der Waals surface area (Å²) in [5.74, 6) is 0. The van der Waals surface area contributed by atoms with Gasteiger partial charge >= 0.3 is 6.03 Å². The Hall–Kier alpha value is -3.30. The summed E-state index contributed by atoms with van der Waals surface area (Å²) < 4.78 is 0. The highest BCUT2D eigenvalue weighted by atomic mass is 16.2. The number of likely N-dealkylation sites (tertiary alicyclic amines) is 1. The minimum Gasteiger partial charge on any atom is -0.362 e. The van der Waals surface area contributed by atoms with E-state index in [4.69, 9.17) is 5.26 Å². The molecule has 31 heavy (non-hydrogen) atoms. The van der Waals surface area contributed by atoms with Gasteiger partial charge in [-0.2, -0.15) is 5.26 Å². The molecule has 0 aliphatic carbocycles. The monoisotopic (exact) mass is 421 g/mol. The fraction of sp³-hybridized carbons (Fsp3) is 0.360. The Bertz CT molecular complexity index is 834. The number of anilines is 2. The Morgan fingerprint density at radius 1 is 1.13 bits per heavy atom. The fourth-order valence-corrected chi connectivity index (χ4v) is 2.98. The van der Waals surface area contributed by atoms with E-state index in [9.17, 15) is 4.79 Å². The Morgan fingerprint density at radius 3 is 2.29 bits per heavy atom. The average molecular weight is 422 g/mol. The van der Waals surface area contributed by atoms with Crippen molar-refractivity contribution in [2.45, 2.75) is 39.7 Å². The van der Waals surface area contributed by atoms with Gasteiger partial charge in [0, 0.05) is 17.4 Å². The van der Waals surface area contributed by atoms with Gasteiger partial charge in [0.2, 0.25) is 0 Å². The van der Waals surface area contributed by atoms with Crippen LogP contribution in [0.1, 0.15) is 37.8 Å². The van der Waals surface area contributed by atoms with Crippen LogP contribution in [0, 0.1) is 18.3 Å². The number of benzene rings is 2. The lowest BCUT2D eigenvalue weighted by Gasteiger charge is -2.29. The number of para-hydroxylation sites is 1. The van der Waals surface area contributed by atoms with Crippen LogP contribution in [0.3, 0.4) is 0 Å². The molecule has 0 atom stereocenters. The van der Waals surface area contributed by atoms with Crippen molar-refractivity contribution < 1.29 is 4.79 Å². The normalized spacial score (nSPS) is 13.3. The molecule has 0 aromatic heterocycles. The van der Waals surface area contributed by atoms with Crippen LogP contribution in [0.5, 0.6) is 0 Å². The quantitative estimate of drug-likeness (QED) is 0.622. The summed E-state index contributed by atoms with van der Waals surface area (Å²) >= 11 is 0. The van der Waals surface area contributed by atoms with E-state index in [-0.39, 0.29) is 12.1 Å². The number of carbonyl (C=O) groups is 1. The number of carbonyl (C=O) groups excluding carboxylic acids is 1. The van der Waals surface area contributed by atoms with Crippen molar-refractivity contribution in [1.29, 1.82) is 5.26 Å². The smallest absolute Gasteiger partial charge is 0.319 e. The van der Waals surface area contributed by atoms with Gasteiger partial charge in [-0.15, -0.1) is 0 Å². The molecule has 166 valence electrons. The predicted octanol–water partition coefficient (Wildman–Crippen LogP) is 5.35. The summed E-state index contributed by atoms with van der Waals surface area (Å²) in [6.45, 7) is 11.7. The lowest BCUT2D eigenvalue weighted by atomic mass is 10.1. The molecule has 0 spiro atoms. The molecular weight excluding hydrogens is 386 g/mol. The van der Waals surface area contributed by atoms with Crippen LogP contribution in [-0.2, 0) is 0 Å². The van der Waals surface area contributed by atoms with Crippen molar-refractivity contribution in [3.8, 4) is 6.07 Å². The molecule has 0 radical (unpaired) electrons. The number of nitriles is 1. The van der Waals surface area contributed by atoms with E-state index in [1.54, 1.807) is 30.5 Å². The molecule has 1 saturated heterocycles. The van der Waals surface area contributed by atoms with E-state index < -0.39 is 0 Å². The molecule has 0 unspecified atom stereocenters. The van der Waals surface area contributed by atoms with E-state index in [0.29, 0.717) is 11.3 Å². The fourth-order valence-electron chi connectivity index (χ4n) is 2.98. The number of amides is 2. The molecule has 2 amide bonds. The highest BCUT2D eigenvalue weighted by Crippen LogP contribution is 2.12. The van der Waals surface area contributed by atoms with E-state index in [0.717, 1.165) is 31.6 Å². The van der Waals surface area contributed by atoms with E-state index in [1.807, 2.05) is 38.1 Å². The molecular formula is C25H35N5O. The van der Waals surface area contributed by atoms with Crippen molar-refractivity contribution >= 4 is 17.4 Å². The van der Waals surface area contributed by atoms with Crippen LogP contribution < -0.4 is 16.0 Å². The van der Waals surface area contributed by atoms with E-state index in [2.05, 4.69) is 47.5 Å². The number of urea groups is 1. The highest BCUT2D eigenvalue weighted by molar-refractivity contribution is 5.89. The number of rotatable bonds is 4. The summed E-state index contributed by atoms with van der Waals surface area (Å²) in [7, 11) is 2.09. The van der Waals surface area contributed by atoms with Crippen LogP contribution in [0.2, 0.25) is 0 Å². The molecule has 1 aliphatic heterocycles. The van der Waals surface area contributed by atoms with Gasteiger partial charge < -0.3 is 20.9 Å². The van der Waals surface area contributed by atoms with Gasteiger partial charge in [0.05, 0.1) is 11.6 Å². The molecule has 6 heteroatoms. The number of hydrogen-bond donors (Lipinski definition) is 3. The van der Waals surface area contributed by atoms with Crippen LogP contribution in [0.25, 0.3) is 0 Å². The second-order valence-electron chi connectivity index (χ2n) is 7.03. The van der Waals surface area contributed by atoms with Crippen LogP contribution in [-0.4, -0.2) is 37.1 Å². The van der Waals surface area contributed by atoms with E-state index >= 15 is 0 Å². The van der Waals surface area contributed by atoms with Crippen molar-refractivity contribution in [2.75, 3.05) is 30.8 Å². The lowest BCUT2D eigenvalue weighted by molar-refractivity contribution is 0.221. The maximum absolute atomic E-state index is 11.8. The van der Waals surface area contributed by atoms with Gasteiger partial charge in [-0.05, 0) is 82.0 Å². The first-order chi connectivity index (χ1) is 15.0. The Labute approximate surface area is 187 Å². The van der Waals surface area contributed by atoms with E-state index in [1.165, 1.54) is 5.56 Å². The Morgan fingerprint density at radius 2 is 1.74 bits per heavy atom. The SMILES string of the molecule is C=CNc1ccccc1C.CC.CN1CCC(NC(=O)Nc2ccc(C#N)cc2)CC1. The standard InChI is InChI=1S/C14H18N4O.C9H11N.C2H6/c1-18-8-6-13(7-9-18)17-14(19)16-12-4-2-11(10-15)3-5-12;1-3-10-9-7-5-4-6-8(9)2;1-2/h2-5,13H,6-9H2,1H3,(H2,16,17,19);3-7,10H,1H2,2H3;1-2H3. The molecule has 0 bridgehead atoms. The first-order valence-electron chi connectivity index (χ1n) is 10.7. The molecule has 3 rings (SSSR count). The van der Waals surface area contributed by atoms with Crippen molar-refractivity contribution in [1.82, 2.24) is 10.2 Å². The lowest BCUT2D eigenvalue weighted by Crippen LogP contribution is -2.44. The maximum atomic E-state index is 11.8. The molecule has 1 fully saturated rings. The minimum atomic E-state index is -0.181. The Balaban J connectivity index is 0.000000337. The van der Waals surface area contributed by atoms with Crippen LogP contribution >= 0.6 is 0 Å². The summed E-state index contributed by atoms with van der Waals surface area (Å²) in [4.78, 5) is 14.1. The number of aryl methyl sites for hydroxylation is 1. The third-order valence-electron chi connectivity index (χ3n) is 4.73. The first-order valence-corrected chi connectivity index (χ1v) is 10.7. The van der Waals surface area contributed by atoms with Crippen LogP contribution in [0.15, 0.2) is 61.3 Å². The van der Waals surface area contributed by atoms with Gasteiger partial charge in [0.25, 0.3) is 0 Å². The van der Waals surface area contributed by atoms with Crippen LogP contribution in [0.4, 0.5) is 16.2 Å². The predicted molar refractivity (Wildman–Crippen MR) is 130 cm³/mol. The topological polar surface area (TPSA) is 80.2 Å². The second-order valence-corrected chi connectivity index (χ2v) is 7.03. The second kappa shape index (κ2) is 14.6. The van der Waals surface area contributed by atoms with Gasteiger partial charge in [-0.3, -0.25) is 0 Å². The molecule has 2 aromatic rings. The number of nitrogens with one attached hydrogen (secondary N) is 3. The third-order valence-corrected chi connectivity index (χ3v) is 4.73. The molecule has 1 aliphatic rings. The summed E-state index contributed by atoms with van der Waals surface area (Å²) in [6.07, 6.45) is 3.65. The Kier molecular flexibility index (Phi) is 12.2. The minimum absolute atomic E-state index is 0.181. The molecule has 0 saturated carbocycles. The molecule has 2 aromatic carbocycles. The zero-order valence-electron chi connectivity index (χ0n) is 19.1. The van der Waals surface area contributed by atoms with Gasteiger partial charge in [-0.25, -0.2) is 4.79 Å². The zero-order chi connectivity index (χ0) is 23.1. The largest absolute Gasteiger partial charge is 0.362 e. The zero-order valence-corrected chi connectivity index (χ0v) is 19.1. The summed E-state index contributed by atoms with van der Waals surface area (Å²) in [6, 6.07) is 17.0.